The molecule has 1 fully saturated rings. The van der Waals surface area contributed by atoms with Gasteiger partial charge in [-0.15, -0.1) is 0 Å². The zero-order chi connectivity index (χ0) is 23.4. The number of carbonyl (C=O) groups is 2. The highest BCUT2D eigenvalue weighted by Gasteiger charge is 2.47. The lowest BCUT2D eigenvalue weighted by Gasteiger charge is -2.24. The topological polar surface area (TPSA) is 83.2 Å². The van der Waals surface area contributed by atoms with Crippen LogP contribution in [0.2, 0.25) is 0 Å². The number of likely N-dealkylation sites (tertiary alicyclic amines) is 1. The third-order valence-electron chi connectivity index (χ3n) is 5.29. The molecule has 1 atom stereocenters. The highest BCUT2D eigenvalue weighted by Crippen LogP contribution is 2.40. The Balaban J connectivity index is 1.96. The van der Waals surface area contributed by atoms with Crippen LogP contribution in [0.1, 0.15) is 43.4 Å². The maximum atomic E-state index is 13.0. The molecule has 1 aromatic carbocycles. The maximum absolute atomic E-state index is 13.0. The van der Waals surface area contributed by atoms with Crippen LogP contribution in [-0.4, -0.2) is 60.4 Å². The van der Waals surface area contributed by atoms with Crippen LogP contribution in [0.4, 0.5) is 0 Å². The predicted molar refractivity (Wildman–Crippen MR) is 122 cm³/mol. The van der Waals surface area contributed by atoms with Gasteiger partial charge in [-0.05, 0) is 76.3 Å². The number of aliphatic hydroxyl groups is 1. The first-order chi connectivity index (χ1) is 15.2. The molecule has 0 aliphatic carbocycles. The minimum absolute atomic E-state index is 0.0463. The van der Waals surface area contributed by atoms with Crippen molar-refractivity contribution in [1.82, 2.24) is 9.80 Å². The molecule has 3 rings (SSSR count). The summed E-state index contributed by atoms with van der Waals surface area (Å²) in [5, 5.41) is 11.1. The Kier molecular flexibility index (Phi) is 7.40. The van der Waals surface area contributed by atoms with Gasteiger partial charge in [-0.1, -0.05) is 13.8 Å². The number of Topliss-reactive ketones (excluding diaryl/α,β-unsaturated/α-hetero) is 1. The number of hydrogen-bond donors (Lipinski definition) is 1. The second-order valence-corrected chi connectivity index (χ2v) is 8.83. The fourth-order valence-corrected chi connectivity index (χ4v) is 3.69. The molecule has 0 saturated carbocycles. The van der Waals surface area contributed by atoms with Crippen LogP contribution >= 0.6 is 0 Å². The predicted octanol–water partition coefficient (Wildman–Crippen LogP) is 4.00. The fourth-order valence-electron chi connectivity index (χ4n) is 3.69. The summed E-state index contributed by atoms with van der Waals surface area (Å²) in [7, 11) is 3.91. The summed E-state index contributed by atoms with van der Waals surface area (Å²) in [6.45, 7) is 7.66. The van der Waals surface area contributed by atoms with Crippen LogP contribution in [0.25, 0.3) is 5.76 Å². The standard InChI is InChI=1S/C25H32N2O5/c1-16(2)15-31-19-10-8-18(9-11-19)23(28)21-22(20-12-7-17(3)32-20)27(25(30)24(21)29)14-6-13-26(4)5/h7-12,16,22,28H,6,13-15H2,1-5H3/b23-21-. The van der Waals surface area contributed by atoms with E-state index in [0.717, 1.165) is 6.54 Å². The van der Waals surface area contributed by atoms with E-state index >= 15 is 0 Å². The zero-order valence-corrected chi connectivity index (χ0v) is 19.4. The van der Waals surface area contributed by atoms with Crippen molar-refractivity contribution >= 4 is 17.4 Å². The van der Waals surface area contributed by atoms with Crippen molar-refractivity contribution in [3.63, 3.8) is 0 Å². The molecule has 7 heteroatoms. The lowest BCUT2D eigenvalue weighted by Crippen LogP contribution is -2.32. The lowest BCUT2D eigenvalue weighted by atomic mass is 9.99. The Labute approximate surface area is 189 Å². The summed E-state index contributed by atoms with van der Waals surface area (Å²) >= 11 is 0. The summed E-state index contributed by atoms with van der Waals surface area (Å²) in [4.78, 5) is 29.4. The van der Waals surface area contributed by atoms with Crippen molar-refractivity contribution < 1.29 is 23.8 Å². The summed E-state index contributed by atoms with van der Waals surface area (Å²) in [6, 6.07) is 9.65. The van der Waals surface area contributed by atoms with E-state index < -0.39 is 17.7 Å². The zero-order valence-electron chi connectivity index (χ0n) is 19.4. The van der Waals surface area contributed by atoms with Crippen molar-refractivity contribution in [2.24, 2.45) is 5.92 Å². The quantitative estimate of drug-likeness (QED) is 0.361. The summed E-state index contributed by atoms with van der Waals surface area (Å²) < 4.78 is 11.5. The first kappa shape index (κ1) is 23.6. The molecule has 7 nitrogen and oxygen atoms in total. The Hall–Kier alpha value is -3.06. The van der Waals surface area contributed by atoms with Crippen LogP contribution in [0.3, 0.4) is 0 Å². The number of ether oxygens (including phenoxy) is 1. The number of ketones is 1. The Morgan fingerprint density at radius 2 is 1.84 bits per heavy atom. The molecular weight excluding hydrogens is 408 g/mol. The van der Waals surface area contributed by atoms with Gasteiger partial charge in [-0.3, -0.25) is 9.59 Å². The van der Waals surface area contributed by atoms with Gasteiger partial charge in [-0.25, -0.2) is 0 Å². The average Bonchev–Trinajstić information content (AvgIpc) is 3.28. The first-order valence-electron chi connectivity index (χ1n) is 10.9. The molecule has 2 aromatic rings. The number of nitrogens with zero attached hydrogens (tertiary/aromatic N) is 2. The van der Waals surface area contributed by atoms with E-state index in [9.17, 15) is 14.7 Å². The van der Waals surface area contributed by atoms with Gasteiger partial charge in [0, 0.05) is 12.1 Å². The van der Waals surface area contributed by atoms with E-state index in [-0.39, 0.29) is 11.3 Å². The van der Waals surface area contributed by atoms with Gasteiger partial charge >= 0.3 is 0 Å². The van der Waals surface area contributed by atoms with Crippen molar-refractivity contribution in [3.05, 3.63) is 59.1 Å². The SMILES string of the molecule is Cc1ccc(C2/C(=C(/O)c3ccc(OCC(C)C)cc3)C(=O)C(=O)N2CCCN(C)C)o1. The van der Waals surface area contributed by atoms with Crippen LogP contribution in [0.15, 0.2) is 46.4 Å². The molecule has 1 N–H and O–H groups in total. The van der Waals surface area contributed by atoms with Gasteiger partial charge in [-0.2, -0.15) is 0 Å². The largest absolute Gasteiger partial charge is 0.507 e. The van der Waals surface area contributed by atoms with Gasteiger partial charge in [0.25, 0.3) is 11.7 Å². The van der Waals surface area contributed by atoms with Crippen molar-refractivity contribution in [2.45, 2.75) is 33.2 Å². The Bertz CT molecular complexity index is 988. The number of carbonyl (C=O) groups excluding carboxylic acids is 2. The minimum atomic E-state index is -0.761. The lowest BCUT2D eigenvalue weighted by molar-refractivity contribution is -0.140. The summed E-state index contributed by atoms with van der Waals surface area (Å²) in [5.74, 6) is 0.664. The van der Waals surface area contributed by atoms with Crippen molar-refractivity contribution in [2.75, 3.05) is 33.8 Å². The fraction of sp³-hybridized carbons (Fsp3) is 0.440. The summed E-state index contributed by atoms with van der Waals surface area (Å²) in [6.07, 6.45) is 0.693. The number of benzene rings is 1. The van der Waals surface area contributed by atoms with Gasteiger partial charge < -0.3 is 24.1 Å². The molecule has 172 valence electrons. The number of aliphatic hydroxyl groups excluding tert-OH is 1. The number of hydrogen-bond acceptors (Lipinski definition) is 6. The van der Waals surface area contributed by atoms with E-state index in [0.29, 0.717) is 48.3 Å². The number of aryl methyl sites for hydroxylation is 1. The molecule has 1 unspecified atom stereocenters. The first-order valence-corrected chi connectivity index (χ1v) is 10.9. The normalized spacial score (nSPS) is 18.2. The molecule has 32 heavy (non-hydrogen) atoms. The van der Waals surface area contributed by atoms with Crippen molar-refractivity contribution in [1.29, 1.82) is 0 Å². The highest BCUT2D eigenvalue weighted by atomic mass is 16.5. The van der Waals surface area contributed by atoms with Crippen LogP contribution in [0, 0.1) is 12.8 Å². The van der Waals surface area contributed by atoms with Crippen LogP contribution in [0.5, 0.6) is 5.75 Å². The molecule has 1 amide bonds. The second-order valence-electron chi connectivity index (χ2n) is 8.83. The molecule has 1 aliphatic rings. The van der Waals surface area contributed by atoms with E-state index in [1.807, 2.05) is 19.0 Å². The average molecular weight is 441 g/mol. The monoisotopic (exact) mass is 440 g/mol. The molecule has 0 radical (unpaired) electrons. The minimum Gasteiger partial charge on any atom is -0.507 e. The maximum Gasteiger partial charge on any atom is 0.295 e. The van der Waals surface area contributed by atoms with Crippen LogP contribution < -0.4 is 4.74 Å². The molecule has 0 bridgehead atoms. The smallest absolute Gasteiger partial charge is 0.295 e. The molecule has 1 aromatic heterocycles. The van der Waals surface area contributed by atoms with E-state index in [2.05, 4.69) is 13.8 Å². The number of amides is 1. The number of furan rings is 1. The number of rotatable bonds is 9. The van der Waals surface area contributed by atoms with Crippen molar-refractivity contribution in [3.8, 4) is 5.75 Å². The van der Waals surface area contributed by atoms with E-state index in [4.69, 9.17) is 9.15 Å². The second kappa shape index (κ2) is 10.0. The summed E-state index contributed by atoms with van der Waals surface area (Å²) in [5.41, 5.74) is 0.492. The van der Waals surface area contributed by atoms with Gasteiger partial charge in [0.2, 0.25) is 0 Å². The van der Waals surface area contributed by atoms with Gasteiger partial charge in [0.05, 0.1) is 12.2 Å². The third kappa shape index (κ3) is 5.22. The molecular formula is C25H32N2O5. The van der Waals surface area contributed by atoms with Crippen LogP contribution in [-0.2, 0) is 9.59 Å². The van der Waals surface area contributed by atoms with Gasteiger partial charge in [0.1, 0.15) is 29.1 Å². The highest BCUT2D eigenvalue weighted by molar-refractivity contribution is 6.46. The molecule has 1 saturated heterocycles. The Morgan fingerprint density at radius 3 is 2.41 bits per heavy atom. The van der Waals surface area contributed by atoms with Gasteiger partial charge in [0.15, 0.2) is 0 Å². The third-order valence-corrected chi connectivity index (χ3v) is 5.29. The molecule has 2 heterocycles. The van der Waals surface area contributed by atoms with E-state index in [1.165, 1.54) is 4.90 Å². The Morgan fingerprint density at radius 1 is 1.16 bits per heavy atom. The van der Waals surface area contributed by atoms with E-state index in [1.54, 1.807) is 43.3 Å². The molecule has 1 aliphatic heterocycles. The molecule has 0 spiro atoms.